The summed E-state index contributed by atoms with van der Waals surface area (Å²) in [4.78, 5) is 4.48. The number of nitrogens with zero attached hydrogens (tertiary/aromatic N) is 2. The number of hydrogen-bond donors (Lipinski definition) is 0. The van der Waals surface area contributed by atoms with Gasteiger partial charge in [0, 0.05) is 0 Å². The van der Waals surface area contributed by atoms with E-state index in [1.807, 2.05) is 14.1 Å². The zero-order chi connectivity index (χ0) is 9.68. The van der Waals surface area contributed by atoms with E-state index in [-0.39, 0.29) is 0 Å². The van der Waals surface area contributed by atoms with Crippen LogP contribution < -0.4 is 0 Å². The van der Waals surface area contributed by atoms with Crippen LogP contribution >= 0.6 is 0 Å². The van der Waals surface area contributed by atoms with Gasteiger partial charge in [-0.3, -0.25) is 0 Å². The van der Waals surface area contributed by atoms with Gasteiger partial charge in [0.15, 0.2) is 0 Å². The molecule has 13 heavy (non-hydrogen) atoms. The third kappa shape index (κ3) is 3.97. The van der Waals surface area contributed by atoms with E-state index in [0.29, 0.717) is 0 Å². The van der Waals surface area contributed by atoms with Gasteiger partial charge in [0.05, 0.1) is 0 Å². The molecule has 0 bridgehead atoms. The molecule has 0 N–H and O–H groups in total. The van der Waals surface area contributed by atoms with Gasteiger partial charge in [0.2, 0.25) is 0 Å². The summed E-state index contributed by atoms with van der Waals surface area (Å²) in [6.07, 6.45) is 8.29. The Morgan fingerprint density at radius 2 is 1.85 bits per heavy atom. The Morgan fingerprint density at radius 3 is 2.38 bits per heavy atom. The van der Waals surface area contributed by atoms with Gasteiger partial charge in [-0.15, -0.1) is 0 Å². The molecule has 1 heterocycles. The molecule has 0 spiro atoms. The van der Waals surface area contributed by atoms with Gasteiger partial charge >= 0.3 is 88.6 Å². The topological polar surface area (TPSA) is 6.48 Å². The first-order valence-corrected chi connectivity index (χ1v) is 5.69. The second-order valence-electron chi connectivity index (χ2n) is 3.67. The fourth-order valence-electron chi connectivity index (χ4n) is 1.43. The van der Waals surface area contributed by atoms with E-state index in [9.17, 15) is 0 Å². The molecule has 0 saturated carbocycles. The average Bonchev–Trinajstić information content (AvgIpc) is 2.15. The van der Waals surface area contributed by atoms with Crippen LogP contribution in [-0.2, 0) is 0 Å². The van der Waals surface area contributed by atoms with Gasteiger partial charge in [-0.25, -0.2) is 0 Å². The first-order chi connectivity index (χ1) is 6.20. The van der Waals surface area contributed by atoms with E-state index in [1.165, 1.54) is 36.9 Å². The summed E-state index contributed by atoms with van der Waals surface area (Å²) >= 11 is 3.13. The Hall–Kier alpha value is -0.271. The molecule has 2 nitrogen and oxygen atoms in total. The van der Waals surface area contributed by atoms with Gasteiger partial charge in [-0.05, 0) is 0 Å². The molecule has 0 aromatic rings. The molecule has 0 atom stereocenters. The van der Waals surface area contributed by atoms with Crippen molar-refractivity contribution in [3.63, 3.8) is 0 Å². The molecule has 0 unspecified atom stereocenters. The van der Waals surface area contributed by atoms with Crippen molar-refractivity contribution in [2.24, 2.45) is 0 Å². The van der Waals surface area contributed by atoms with Crippen LogP contribution in [0.4, 0.5) is 0 Å². The van der Waals surface area contributed by atoms with Crippen LogP contribution in [0.1, 0.15) is 19.3 Å². The molecular weight excluding hydrogens is 227 g/mol. The third-order valence-corrected chi connectivity index (χ3v) is 3.01. The predicted octanol–water partition coefficient (Wildman–Crippen LogP) is 0.846. The minimum absolute atomic E-state index is 1.21. The van der Waals surface area contributed by atoms with Crippen molar-refractivity contribution in [2.45, 2.75) is 19.3 Å². The second kappa shape index (κ2) is 5.46. The molecule has 0 aliphatic carbocycles. The van der Waals surface area contributed by atoms with Crippen LogP contribution in [0.2, 0.25) is 0 Å². The molecule has 0 aromatic heterocycles. The number of likely N-dealkylation sites (tertiary alicyclic amines) is 1. The van der Waals surface area contributed by atoms with Crippen molar-refractivity contribution in [1.29, 1.82) is 0 Å². The van der Waals surface area contributed by atoms with Gasteiger partial charge < -0.3 is 0 Å². The van der Waals surface area contributed by atoms with Gasteiger partial charge in [0.25, 0.3) is 0 Å². The van der Waals surface area contributed by atoms with Crippen molar-refractivity contribution in [2.75, 3.05) is 27.2 Å². The van der Waals surface area contributed by atoms with Gasteiger partial charge in [0.1, 0.15) is 0 Å². The Bertz CT molecular complexity index is 193. The molecule has 0 aromatic carbocycles. The monoisotopic (exact) mass is 246 g/mol. The summed E-state index contributed by atoms with van der Waals surface area (Å²) in [5.41, 5.74) is 0. The summed E-state index contributed by atoms with van der Waals surface area (Å²) in [5.74, 6) is 0. The molecule has 1 aliphatic rings. The second-order valence-corrected chi connectivity index (χ2v) is 4.54. The molecule has 0 amide bonds. The number of hydrogen-bond acceptors (Lipinski definition) is 2. The molecule has 74 valence electrons. The molecule has 1 aliphatic heterocycles. The fraction of sp³-hybridized carbons (Fsp3) is 0.700. The Labute approximate surface area is 88.9 Å². The molecule has 0 radical (unpaired) electrons. The molecule has 3 heteroatoms. The van der Waals surface area contributed by atoms with Crippen molar-refractivity contribution in [1.82, 2.24) is 9.80 Å². The van der Waals surface area contributed by atoms with Crippen LogP contribution in [0.3, 0.4) is 0 Å². The van der Waals surface area contributed by atoms with E-state index in [0.717, 1.165) is 0 Å². The van der Waals surface area contributed by atoms with E-state index >= 15 is 0 Å². The zero-order valence-corrected chi connectivity index (χ0v) is 10.2. The zero-order valence-electron chi connectivity index (χ0n) is 8.49. The summed E-state index contributed by atoms with van der Waals surface area (Å²) in [6, 6.07) is 0. The third-order valence-electron chi connectivity index (χ3n) is 2.18. The van der Waals surface area contributed by atoms with Crippen LogP contribution in [0.15, 0.2) is 12.3 Å². The van der Waals surface area contributed by atoms with Crippen molar-refractivity contribution in [3.05, 3.63) is 12.3 Å². The maximum atomic E-state index is 3.13. The van der Waals surface area contributed by atoms with Crippen molar-refractivity contribution >= 4 is 20.1 Å². The summed E-state index contributed by atoms with van der Waals surface area (Å²) in [7, 11) is 4.08. The maximum absolute atomic E-state index is 3.13. The summed E-state index contributed by atoms with van der Waals surface area (Å²) in [5, 5.41) is 0. The van der Waals surface area contributed by atoms with Crippen LogP contribution in [0.5, 0.6) is 0 Å². The van der Waals surface area contributed by atoms with Crippen LogP contribution in [-0.4, -0.2) is 57.1 Å². The average molecular weight is 245 g/mol. The van der Waals surface area contributed by atoms with Crippen molar-refractivity contribution in [3.8, 4) is 0 Å². The minimum atomic E-state index is 1.21. The Kier molecular flexibility index (Phi) is 4.54. The number of piperidine rings is 1. The van der Waals surface area contributed by atoms with Crippen LogP contribution in [0, 0.1) is 0 Å². The van der Waals surface area contributed by atoms with Crippen molar-refractivity contribution < 1.29 is 0 Å². The normalized spacial score (nSPS) is 17.8. The molecule has 1 rings (SSSR count). The molecular formula is C10H18N2Se. The Balaban J connectivity index is 2.37. The summed E-state index contributed by atoms with van der Waals surface area (Å²) in [6.45, 7) is 2.42. The predicted molar refractivity (Wildman–Crippen MR) is 59.0 cm³/mol. The van der Waals surface area contributed by atoms with Gasteiger partial charge in [-0.2, -0.15) is 0 Å². The first kappa shape index (κ1) is 10.8. The SMILES string of the molecule is CN(C)/C=C/C(=[Se])N1CCCCC1. The van der Waals surface area contributed by atoms with E-state index in [2.05, 4.69) is 37.7 Å². The van der Waals surface area contributed by atoms with Gasteiger partial charge in [-0.1, -0.05) is 0 Å². The standard InChI is InChI=1S/C10H18N2Se/c1-11(2)9-6-10(13)12-7-4-3-5-8-12/h6,9H,3-5,7-8H2,1-2H3/b9-6+. The van der Waals surface area contributed by atoms with E-state index in [1.54, 1.807) is 0 Å². The number of rotatable bonds is 3. The van der Waals surface area contributed by atoms with Crippen LogP contribution in [0.25, 0.3) is 0 Å². The molecule has 1 saturated heterocycles. The van der Waals surface area contributed by atoms with E-state index in [4.69, 9.17) is 0 Å². The first-order valence-electron chi connectivity index (χ1n) is 4.83. The fourth-order valence-corrected chi connectivity index (χ4v) is 1.94. The molecule has 1 fully saturated rings. The summed E-state index contributed by atoms with van der Waals surface area (Å²) < 4.78 is 1.27. The Morgan fingerprint density at radius 1 is 1.23 bits per heavy atom. The quantitative estimate of drug-likeness (QED) is 0.680. The van der Waals surface area contributed by atoms with E-state index < -0.39 is 0 Å².